The lowest BCUT2D eigenvalue weighted by molar-refractivity contribution is -0.152. The maximum absolute atomic E-state index is 11.2. The minimum Gasteiger partial charge on any atom is -0.493 e. The molecular weight excluding hydrogens is 442 g/mol. The Bertz CT molecular complexity index is 1300. The second kappa shape index (κ2) is 10.1. The third kappa shape index (κ3) is 5.72. The molecule has 0 radical (unpaired) electrons. The van der Waals surface area contributed by atoms with E-state index in [2.05, 4.69) is 36.2 Å². The van der Waals surface area contributed by atoms with Gasteiger partial charge in [0.1, 0.15) is 17.3 Å². The van der Waals surface area contributed by atoms with Crippen LogP contribution >= 0.6 is 0 Å². The molecule has 180 valence electrons. The largest absolute Gasteiger partial charge is 0.493 e. The monoisotopic (exact) mass is 471 g/mol. The molecule has 0 saturated heterocycles. The summed E-state index contributed by atoms with van der Waals surface area (Å²) in [5, 5.41) is 9.18. The number of hydrogen-bond donors (Lipinski definition) is 1. The van der Waals surface area contributed by atoms with Gasteiger partial charge in [-0.05, 0) is 80.8 Å². The normalized spacial score (nSPS) is 11.3. The smallest absolute Gasteiger partial charge is 0.347 e. The number of benzene rings is 3. The first-order valence-electron chi connectivity index (χ1n) is 11.5. The lowest BCUT2D eigenvalue weighted by atomic mass is 10.00. The molecule has 6 heteroatoms. The predicted octanol–water partition coefficient (Wildman–Crippen LogP) is 6.49. The van der Waals surface area contributed by atoms with E-state index >= 15 is 0 Å². The molecule has 4 aromatic rings. The van der Waals surface area contributed by atoms with Gasteiger partial charge in [0.25, 0.3) is 0 Å². The molecule has 3 aromatic carbocycles. The van der Waals surface area contributed by atoms with Crippen LogP contribution in [0.1, 0.15) is 30.9 Å². The van der Waals surface area contributed by atoms with Crippen molar-refractivity contribution in [1.29, 1.82) is 0 Å². The van der Waals surface area contributed by atoms with E-state index in [0.717, 1.165) is 22.6 Å². The van der Waals surface area contributed by atoms with Gasteiger partial charge < -0.3 is 19.0 Å². The molecule has 0 fully saturated rings. The van der Waals surface area contributed by atoms with E-state index < -0.39 is 11.6 Å². The van der Waals surface area contributed by atoms with Crippen LogP contribution in [-0.4, -0.2) is 28.3 Å². The fourth-order valence-electron chi connectivity index (χ4n) is 3.68. The van der Waals surface area contributed by atoms with Gasteiger partial charge in [0.15, 0.2) is 5.60 Å². The van der Waals surface area contributed by atoms with Crippen LogP contribution in [0.5, 0.6) is 11.5 Å². The van der Waals surface area contributed by atoms with Crippen molar-refractivity contribution in [3.63, 3.8) is 0 Å². The quantitative estimate of drug-likeness (QED) is 0.300. The summed E-state index contributed by atoms with van der Waals surface area (Å²) >= 11 is 0. The van der Waals surface area contributed by atoms with E-state index in [-0.39, 0.29) is 0 Å². The second-order valence-electron chi connectivity index (χ2n) is 8.90. The molecular formula is C29H29NO5. The van der Waals surface area contributed by atoms with Crippen molar-refractivity contribution in [1.82, 2.24) is 4.98 Å². The van der Waals surface area contributed by atoms with E-state index in [9.17, 15) is 9.90 Å². The number of carboxylic acid groups (broad SMARTS) is 1. The number of ether oxygens (including phenoxy) is 2. The van der Waals surface area contributed by atoms with Gasteiger partial charge in [-0.3, -0.25) is 0 Å². The molecule has 35 heavy (non-hydrogen) atoms. The highest BCUT2D eigenvalue weighted by Crippen LogP contribution is 2.28. The molecule has 0 bridgehead atoms. The van der Waals surface area contributed by atoms with Gasteiger partial charge in [-0.1, -0.05) is 36.4 Å². The van der Waals surface area contributed by atoms with Crippen LogP contribution in [0.25, 0.3) is 22.6 Å². The summed E-state index contributed by atoms with van der Waals surface area (Å²) in [6, 6.07) is 23.5. The molecule has 1 N–H and O–H groups in total. The summed E-state index contributed by atoms with van der Waals surface area (Å²) in [7, 11) is 0. The van der Waals surface area contributed by atoms with Crippen LogP contribution < -0.4 is 9.47 Å². The van der Waals surface area contributed by atoms with Gasteiger partial charge in [-0.15, -0.1) is 0 Å². The third-order valence-corrected chi connectivity index (χ3v) is 5.80. The first-order valence-corrected chi connectivity index (χ1v) is 11.5. The SMILES string of the molecule is Cc1ccccc1-c1ccc(-c2nc(CCOc3ccc(OC(C)(C)C(=O)O)cc3)c(C)o2)cc1. The minimum absolute atomic E-state index is 0.430. The van der Waals surface area contributed by atoms with Gasteiger partial charge in [0.05, 0.1) is 12.3 Å². The van der Waals surface area contributed by atoms with Crippen LogP contribution in [-0.2, 0) is 11.2 Å². The summed E-state index contributed by atoms with van der Waals surface area (Å²) in [4.78, 5) is 15.9. The van der Waals surface area contributed by atoms with Crippen LogP contribution in [0.2, 0.25) is 0 Å². The lowest BCUT2D eigenvalue weighted by Gasteiger charge is -2.21. The second-order valence-corrected chi connectivity index (χ2v) is 8.90. The van der Waals surface area contributed by atoms with Crippen molar-refractivity contribution in [2.45, 2.75) is 39.7 Å². The molecule has 0 aliphatic carbocycles. The molecule has 0 unspecified atom stereocenters. The molecule has 6 nitrogen and oxygen atoms in total. The number of carbonyl (C=O) groups is 1. The Morgan fingerprint density at radius 1 is 0.914 bits per heavy atom. The van der Waals surface area contributed by atoms with E-state index in [1.54, 1.807) is 24.3 Å². The number of aryl methyl sites for hydroxylation is 2. The Balaban J connectivity index is 1.36. The number of hydrogen-bond acceptors (Lipinski definition) is 5. The zero-order valence-corrected chi connectivity index (χ0v) is 20.4. The summed E-state index contributed by atoms with van der Waals surface area (Å²) in [6.45, 7) is 7.46. The van der Waals surface area contributed by atoms with Crippen LogP contribution in [0.3, 0.4) is 0 Å². The van der Waals surface area contributed by atoms with E-state index in [1.807, 2.05) is 31.2 Å². The number of aromatic nitrogens is 1. The Morgan fingerprint density at radius 3 is 2.20 bits per heavy atom. The van der Waals surface area contributed by atoms with Crippen molar-refractivity contribution >= 4 is 5.97 Å². The maximum atomic E-state index is 11.2. The summed E-state index contributed by atoms with van der Waals surface area (Å²) in [5.74, 6) is 1.47. The van der Waals surface area contributed by atoms with Crippen molar-refractivity contribution < 1.29 is 23.8 Å². The van der Waals surface area contributed by atoms with Gasteiger partial charge in [-0.2, -0.15) is 0 Å². The van der Waals surface area contributed by atoms with Crippen molar-refractivity contribution in [2.24, 2.45) is 0 Å². The Hall–Kier alpha value is -4.06. The van der Waals surface area contributed by atoms with Gasteiger partial charge in [-0.25, -0.2) is 9.78 Å². The first-order chi connectivity index (χ1) is 16.7. The molecule has 0 atom stereocenters. The fraction of sp³-hybridized carbons (Fsp3) is 0.241. The average Bonchev–Trinajstić information content (AvgIpc) is 3.21. The molecule has 1 heterocycles. The molecule has 0 amide bonds. The third-order valence-electron chi connectivity index (χ3n) is 5.80. The topological polar surface area (TPSA) is 81.8 Å². The lowest BCUT2D eigenvalue weighted by Crippen LogP contribution is -2.37. The molecule has 4 rings (SSSR count). The zero-order chi connectivity index (χ0) is 25.0. The van der Waals surface area contributed by atoms with Crippen molar-refractivity contribution in [2.75, 3.05) is 6.61 Å². The molecule has 0 saturated carbocycles. The number of oxazole rings is 1. The Morgan fingerprint density at radius 2 is 1.54 bits per heavy atom. The number of nitrogens with zero attached hydrogens (tertiary/aromatic N) is 1. The summed E-state index contributed by atoms with van der Waals surface area (Å²) < 4.78 is 17.3. The van der Waals surface area contributed by atoms with Crippen molar-refractivity contribution in [3.05, 3.63) is 89.8 Å². The molecule has 0 spiro atoms. The van der Waals surface area contributed by atoms with E-state index in [1.165, 1.54) is 25.0 Å². The van der Waals surface area contributed by atoms with Crippen LogP contribution in [0.4, 0.5) is 0 Å². The van der Waals surface area contributed by atoms with Gasteiger partial charge in [0.2, 0.25) is 5.89 Å². The Kier molecular flexibility index (Phi) is 6.92. The number of aliphatic carboxylic acids is 1. The average molecular weight is 472 g/mol. The van der Waals surface area contributed by atoms with E-state index in [4.69, 9.17) is 13.9 Å². The molecule has 1 aromatic heterocycles. The summed E-state index contributed by atoms with van der Waals surface area (Å²) in [5.41, 5.74) is 4.09. The highest BCUT2D eigenvalue weighted by molar-refractivity contribution is 5.76. The molecule has 0 aliphatic heterocycles. The number of carboxylic acids is 1. The van der Waals surface area contributed by atoms with Crippen molar-refractivity contribution in [3.8, 4) is 34.1 Å². The Labute approximate surface area is 205 Å². The minimum atomic E-state index is -1.30. The fourth-order valence-corrected chi connectivity index (χ4v) is 3.68. The van der Waals surface area contributed by atoms with Gasteiger partial charge >= 0.3 is 5.97 Å². The van der Waals surface area contributed by atoms with E-state index in [0.29, 0.717) is 30.4 Å². The standard InChI is InChI=1S/C29H29NO5/c1-19-7-5-6-8-25(19)21-9-11-22(12-10-21)27-30-26(20(2)34-27)17-18-33-23-13-15-24(16-14-23)35-29(3,4)28(31)32/h5-16H,17-18H2,1-4H3,(H,31,32). The van der Waals surface area contributed by atoms with Crippen LogP contribution in [0.15, 0.2) is 77.2 Å². The predicted molar refractivity (Wildman–Crippen MR) is 135 cm³/mol. The summed E-state index contributed by atoms with van der Waals surface area (Å²) in [6.07, 6.45) is 0.598. The first kappa shape index (κ1) is 24.1. The molecule has 0 aliphatic rings. The highest BCUT2D eigenvalue weighted by atomic mass is 16.5. The van der Waals surface area contributed by atoms with Gasteiger partial charge in [0, 0.05) is 12.0 Å². The van der Waals surface area contributed by atoms with Crippen LogP contribution in [0, 0.1) is 13.8 Å². The zero-order valence-electron chi connectivity index (χ0n) is 20.4. The number of rotatable bonds is 9. The highest BCUT2D eigenvalue weighted by Gasteiger charge is 2.29. The maximum Gasteiger partial charge on any atom is 0.347 e.